The highest BCUT2D eigenvalue weighted by Gasteiger charge is 2.15. The van der Waals surface area contributed by atoms with Crippen LogP contribution in [0.5, 0.6) is 17.2 Å². The van der Waals surface area contributed by atoms with Crippen molar-refractivity contribution in [2.75, 3.05) is 32.8 Å². The molecule has 6 heteroatoms. The molecule has 0 aromatic heterocycles. The predicted molar refractivity (Wildman–Crippen MR) is 95.3 cm³/mol. The van der Waals surface area contributed by atoms with Crippen LogP contribution in [0.2, 0.25) is 0 Å². The molecule has 1 heterocycles. The number of fused-ring (bicyclic) bond motifs is 1. The van der Waals surface area contributed by atoms with Gasteiger partial charge in [0.2, 0.25) is 12.7 Å². The first-order valence-electron chi connectivity index (χ1n) is 8.06. The molecule has 0 atom stereocenters. The molecule has 0 saturated heterocycles. The number of nitrogens with one attached hydrogen (secondary N) is 1. The van der Waals surface area contributed by atoms with E-state index in [1.807, 2.05) is 31.0 Å². The summed E-state index contributed by atoms with van der Waals surface area (Å²) in [6.07, 6.45) is 0. The Kier molecular flexibility index (Phi) is 5.09. The largest absolute Gasteiger partial charge is 0.496 e. The Balaban J connectivity index is 1.58. The Hall–Kier alpha value is -2.73. The van der Waals surface area contributed by atoms with Gasteiger partial charge in [-0.3, -0.25) is 9.69 Å². The zero-order chi connectivity index (χ0) is 17.8. The van der Waals surface area contributed by atoms with Crippen LogP contribution < -0.4 is 19.5 Å². The van der Waals surface area contributed by atoms with Crippen molar-refractivity contribution in [1.82, 2.24) is 4.90 Å². The van der Waals surface area contributed by atoms with Gasteiger partial charge in [-0.05, 0) is 32.2 Å². The van der Waals surface area contributed by atoms with Gasteiger partial charge in [0, 0.05) is 23.9 Å². The molecule has 0 saturated carbocycles. The van der Waals surface area contributed by atoms with Gasteiger partial charge < -0.3 is 19.5 Å². The Morgan fingerprint density at radius 1 is 1.20 bits per heavy atom. The molecule has 0 aliphatic carbocycles. The topological polar surface area (TPSA) is 60.0 Å². The molecule has 0 bridgehead atoms. The number of anilines is 1. The number of hydrogen-bond acceptors (Lipinski definition) is 5. The van der Waals surface area contributed by atoms with Crippen molar-refractivity contribution in [1.29, 1.82) is 0 Å². The number of aryl methyl sites for hydroxylation is 1. The summed E-state index contributed by atoms with van der Waals surface area (Å²) in [5, 5.41) is 2.88. The number of carbonyl (C=O) groups is 1. The average Bonchev–Trinajstić information content (AvgIpc) is 3.02. The molecule has 6 nitrogen and oxygen atoms in total. The molecule has 0 radical (unpaired) electrons. The van der Waals surface area contributed by atoms with Crippen LogP contribution in [0.15, 0.2) is 36.4 Å². The molecule has 2 aromatic rings. The quantitative estimate of drug-likeness (QED) is 0.875. The number of rotatable bonds is 6. The summed E-state index contributed by atoms with van der Waals surface area (Å²) in [6, 6.07) is 11.4. The van der Waals surface area contributed by atoms with Gasteiger partial charge in [0.25, 0.3) is 0 Å². The fourth-order valence-electron chi connectivity index (χ4n) is 2.80. The Labute approximate surface area is 147 Å². The first kappa shape index (κ1) is 17.1. The highest BCUT2D eigenvalue weighted by atomic mass is 16.7. The molecule has 1 aliphatic rings. The second kappa shape index (κ2) is 7.44. The number of hydrogen-bond donors (Lipinski definition) is 1. The van der Waals surface area contributed by atoms with Crippen LogP contribution in [-0.4, -0.2) is 38.3 Å². The third kappa shape index (κ3) is 4.22. The SMILES string of the molecule is COc1ccc(C)cc1CN(C)CC(=O)Nc1ccc2c(c1)OCO2. The third-order valence-electron chi connectivity index (χ3n) is 3.95. The van der Waals surface area contributed by atoms with E-state index in [9.17, 15) is 4.79 Å². The van der Waals surface area contributed by atoms with Crippen LogP contribution in [0.1, 0.15) is 11.1 Å². The second-order valence-corrected chi connectivity index (χ2v) is 6.10. The first-order valence-corrected chi connectivity index (χ1v) is 8.06. The van der Waals surface area contributed by atoms with Gasteiger partial charge in [-0.1, -0.05) is 17.7 Å². The third-order valence-corrected chi connectivity index (χ3v) is 3.95. The number of methoxy groups -OCH3 is 1. The highest BCUT2D eigenvalue weighted by Crippen LogP contribution is 2.34. The molecule has 0 unspecified atom stereocenters. The van der Waals surface area contributed by atoms with E-state index in [2.05, 4.69) is 11.4 Å². The minimum Gasteiger partial charge on any atom is -0.496 e. The van der Waals surface area contributed by atoms with E-state index in [0.717, 1.165) is 16.9 Å². The smallest absolute Gasteiger partial charge is 0.238 e. The molecule has 1 N–H and O–H groups in total. The van der Waals surface area contributed by atoms with Crippen LogP contribution in [0.3, 0.4) is 0 Å². The van der Waals surface area contributed by atoms with Crippen LogP contribution in [0, 0.1) is 6.92 Å². The van der Waals surface area contributed by atoms with E-state index >= 15 is 0 Å². The summed E-state index contributed by atoms with van der Waals surface area (Å²) in [6.45, 7) is 3.15. The molecule has 3 rings (SSSR count). The molecule has 1 aliphatic heterocycles. The zero-order valence-electron chi connectivity index (χ0n) is 14.7. The molecule has 1 amide bonds. The fraction of sp³-hybridized carbons (Fsp3) is 0.316. The van der Waals surface area contributed by atoms with E-state index in [1.54, 1.807) is 25.3 Å². The van der Waals surface area contributed by atoms with Crippen molar-refractivity contribution in [2.24, 2.45) is 0 Å². The van der Waals surface area contributed by atoms with Crippen LogP contribution in [0.4, 0.5) is 5.69 Å². The van der Waals surface area contributed by atoms with Crippen LogP contribution >= 0.6 is 0 Å². The lowest BCUT2D eigenvalue weighted by Crippen LogP contribution is -2.30. The summed E-state index contributed by atoms with van der Waals surface area (Å²) in [5.41, 5.74) is 2.91. The van der Waals surface area contributed by atoms with Crippen molar-refractivity contribution in [3.05, 3.63) is 47.5 Å². The molecule has 25 heavy (non-hydrogen) atoms. The minimum absolute atomic E-state index is 0.0898. The maximum Gasteiger partial charge on any atom is 0.238 e. The first-order chi connectivity index (χ1) is 12.0. The van der Waals surface area contributed by atoms with E-state index in [4.69, 9.17) is 14.2 Å². The van der Waals surface area contributed by atoms with Gasteiger partial charge in [0.05, 0.1) is 13.7 Å². The van der Waals surface area contributed by atoms with Gasteiger partial charge in [0.1, 0.15) is 5.75 Å². The monoisotopic (exact) mass is 342 g/mol. The van der Waals surface area contributed by atoms with E-state index in [-0.39, 0.29) is 19.2 Å². The number of likely N-dealkylation sites (N-methyl/N-ethyl adjacent to an activating group) is 1. The Morgan fingerprint density at radius 2 is 2.00 bits per heavy atom. The zero-order valence-corrected chi connectivity index (χ0v) is 14.7. The summed E-state index contributed by atoms with van der Waals surface area (Å²) in [7, 11) is 3.56. The maximum absolute atomic E-state index is 12.3. The van der Waals surface area contributed by atoms with Gasteiger partial charge in [0.15, 0.2) is 11.5 Å². The van der Waals surface area contributed by atoms with Crippen LogP contribution in [-0.2, 0) is 11.3 Å². The highest BCUT2D eigenvalue weighted by molar-refractivity contribution is 5.92. The number of amides is 1. The average molecular weight is 342 g/mol. The van der Waals surface area contributed by atoms with Crippen molar-refractivity contribution < 1.29 is 19.0 Å². The van der Waals surface area contributed by atoms with Gasteiger partial charge in [-0.2, -0.15) is 0 Å². The lowest BCUT2D eigenvalue weighted by Gasteiger charge is -2.18. The maximum atomic E-state index is 12.3. The summed E-state index contributed by atoms with van der Waals surface area (Å²) >= 11 is 0. The van der Waals surface area contributed by atoms with Gasteiger partial charge in [-0.25, -0.2) is 0 Å². The van der Waals surface area contributed by atoms with Gasteiger partial charge >= 0.3 is 0 Å². The lowest BCUT2D eigenvalue weighted by molar-refractivity contribution is -0.117. The molecule has 0 spiro atoms. The predicted octanol–water partition coefficient (Wildman–Crippen LogP) is 2.80. The molecular weight excluding hydrogens is 320 g/mol. The Morgan fingerprint density at radius 3 is 2.80 bits per heavy atom. The van der Waals surface area contributed by atoms with Crippen molar-refractivity contribution in [3.63, 3.8) is 0 Å². The summed E-state index contributed by atoms with van der Waals surface area (Å²) in [5.74, 6) is 2.08. The normalized spacial score (nSPS) is 12.3. The van der Waals surface area contributed by atoms with Crippen LogP contribution in [0.25, 0.3) is 0 Å². The van der Waals surface area contributed by atoms with E-state index < -0.39 is 0 Å². The van der Waals surface area contributed by atoms with Gasteiger partial charge in [-0.15, -0.1) is 0 Å². The number of benzene rings is 2. The molecule has 132 valence electrons. The summed E-state index contributed by atoms with van der Waals surface area (Å²) < 4.78 is 16.0. The number of carbonyl (C=O) groups excluding carboxylic acids is 1. The van der Waals surface area contributed by atoms with Crippen molar-refractivity contribution in [3.8, 4) is 17.2 Å². The molecule has 2 aromatic carbocycles. The minimum atomic E-state index is -0.0898. The second-order valence-electron chi connectivity index (χ2n) is 6.10. The van der Waals surface area contributed by atoms with Crippen molar-refractivity contribution in [2.45, 2.75) is 13.5 Å². The fourth-order valence-corrected chi connectivity index (χ4v) is 2.80. The van der Waals surface area contributed by atoms with E-state index in [1.165, 1.54) is 0 Å². The number of nitrogens with zero attached hydrogens (tertiary/aromatic N) is 1. The van der Waals surface area contributed by atoms with Crippen molar-refractivity contribution >= 4 is 11.6 Å². The molecular formula is C19H22N2O4. The van der Waals surface area contributed by atoms with E-state index in [0.29, 0.717) is 23.7 Å². The lowest BCUT2D eigenvalue weighted by atomic mass is 10.1. The molecule has 0 fully saturated rings. The Bertz CT molecular complexity index is 776. The standard InChI is InChI=1S/C19H22N2O4/c1-13-4-6-16(23-3)14(8-13)10-21(2)11-19(22)20-15-5-7-17-18(9-15)25-12-24-17/h4-9H,10-12H2,1-3H3,(H,20,22). The summed E-state index contributed by atoms with van der Waals surface area (Å²) in [4.78, 5) is 14.2. The number of ether oxygens (including phenoxy) is 3.